The third kappa shape index (κ3) is 4.56. The number of benzene rings is 1. The van der Waals surface area contributed by atoms with E-state index >= 15 is 0 Å². The average Bonchev–Trinajstić information content (AvgIpc) is 2.91. The number of thioether (sulfide) groups is 1. The van der Waals surface area contributed by atoms with Crippen molar-refractivity contribution in [2.45, 2.75) is 31.3 Å². The lowest BCUT2D eigenvalue weighted by Gasteiger charge is -2.23. The zero-order valence-corrected chi connectivity index (χ0v) is 14.9. The number of aromatic nitrogens is 1. The van der Waals surface area contributed by atoms with Gasteiger partial charge in [0.2, 0.25) is 5.91 Å². The van der Waals surface area contributed by atoms with Crippen molar-refractivity contribution in [2.24, 2.45) is 0 Å². The number of hydrogen-bond donors (Lipinski definition) is 1. The Balaban J connectivity index is 1.95. The van der Waals surface area contributed by atoms with Gasteiger partial charge >= 0.3 is 0 Å². The van der Waals surface area contributed by atoms with Crippen LogP contribution < -0.4 is 5.32 Å². The van der Waals surface area contributed by atoms with Crippen molar-refractivity contribution >= 4 is 34.7 Å². The molecule has 6 heteroatoms. The summed E-state index contributed by atoms with van der Waals surface area (Å²) in [4.78, 5) is 21.0. The molecule has 0 fully saturated rings. The first-order valence-corrected chi connectivity index (χ1v) is 9.10. The van der Waals surface area contributed by atoms with E-state index in [0.29, 0.717) is 0 Å². The minimum absolute atomic E-state index is 0.00184. The summed E-state index contributed by atoms with van der Waals surface area (Å²) < 4.78 is 0. The lowest BCUT2D eigenvalue weighted by Crippen LogP contribution is -2.39. The molecule has 0 bridgehead atoms. The van der Waals surface area contributed by atoms with E-state index in [4.69, 9.17) is 0 Å². The highest BCUT2D eigenvalue weighted by molar-refractivity contribution is 7.98. The summed E-state index contributed by atoms with van der Waals surface area (Å²) in [5, 5.41) is 4.03. The molecule has 22 heavy (non-hydrogen) atoms. The summed E-state index contributed by atoms with van der Waals surface area (Å²) in [6, 6.07) is 7.68. The fourth-order valence-electron chi connectivity index (χ4n) is 2.01. The van der Waals surface area contributed by atoms with Crippen molar-refractivity contribution in [2.75, 3.05) is 18.6 Å². The molecule has 0 aliphatic heterocycles. The smallest absolute Gasteiger partial charge is 0.241 e. The zero-order valence-electron chi connectivity index (χ0n) is 13.3. The Kier molecular flexibility index (Phi) is 5.99. The molecule has 0 aliphatic rings. The molecule has 1 amide bonds. The number of amides is 1. The number of nitrogens with zero attached hydrogens (tertiary/aromatic N) is 2. The number of likely N-dealkylation sites (N-methyl/N-ethyl adjacent to an activating group) is 1. The minimum atomic E-state index is -0.208. The second-order valence-corrected chi connectivity index (χ2v) is 7.36. The van der Waals surface area contributed by atoms with Crippen molar-refractivity contribution in [3.05, 3.63) is 40.3 Å². The van der Waals surface area contributed by atoms with Crippen molar-refractivity contribution in [3.63, 3.8) is 0 Å². The molecule has 1 N–H and O–H groups in total. The lowest BCUT2D eigenvalue weighted by atomic mass is 10.2. The van der Waals surface area contributed by atoms with Crippen molar-refractivity contribution in [1.82, 2.24) is 9.88 Å². The molecule has 1 aromatic heterocycles. The van der Waals surface area contributed by atoms with E-state index in [-0.39, 0.29) is 11.9 Å². The fraction of sp³-hybridized carbons (Fsp3) is 0.375. The molecular formula is C16H21N3OS2. The largest absolute Gasteiger partial charge is 0.325 e. The van der Waals surface area contributed by atoms with Gasteiger partial charge in [-0.3, -0.25) is 9.69 Å². The molecule has 2 rings (SSSR count). The SMILES string of the molecule is CSc1cccc(NC(=O)C(C)N(C)Cc2cnc(C)s2)c1. The second kappa shape index (κ2) is 7.76. The van der Waals surface area contributed by atoms with E-state index in [2.05, 4.69) is 10.3 Å². The van der Waals surface area contributed by atoms with Gasteiger partial charge in [-0.2, -0.15) is 0 Å². The highest BCUT2D eigenvalue weighted by atomic mass is 32.2. The Hall–Kier alpha value is -1.37. The average molecular weight is 335 g/mol. The van der Waals surface area contributed by atoms with Crippen molar-refractivity contribution in [1.29, 1.82) is 0 Å². The van der Waals surface area contributed by atoms with Gasteiger partial charge in [-0.1, -0.05) is 6.07 Å². The van der Waals surface area contributed by atoms with Crippen LogP contribution in [0.2, 0.25) is 0 Å². The molecule has 0 saturated heterocycles. The van der Waals surface area contributed by atoms with Crippen LogP contribution in [0.3, 0.4) is 0 Å². The van der Waals surface area contributed by atoms with Crippen LogP contribution in [0.1, 0.15) is 16.8 Å². The Morgan fingerprint density at radius 3 is 2.91 bits per heavy atom. The molecule has 118 valence electrons. The first-order chi connectivity index (χ1) is 10.5. The van der Waals surface area contributed by atoms with Crippen LogP contribution in [-0.4, -0.2) is 35.1 Å². The molecule has 2 aromatic rings. The summed E-state index contributed by atoms with van der Waals surface area (Å²) in [5.41, 5.74) is 0.839. The van der Waals surface area contributed by atoms with Crippen LogP contribution in [0.4, 0.5) is 5.69 Å². The highest BCUT2D eigenvalue weighted by Gasteiger charge is 2.19. The number of aryl methyl sites for hydroxylation is 1. The van der Waals surface area contributed by atoms with E-state index in [0.717, 1.165) is 22.1 Å². The molecule has 1 unspecified atom stereocenters. The molecule has 1 aromatic carbocycles. The Bertz CT molecular complexity index is 642. The maximum absolute atomic E-state index is 12.4. The Labute approximate surface area is 139 Å². The van der Waals surface area contributed by atoms with E-state index in [9.17, 15) is 4.79 Å². The molecule has 0 spiro atoms. The fourth-order valence-corrected chi connectivity index (χ4v) is 3.33. The van der Waals surface area contributed by atoms with E-state index in [1.165, 1.54) is 4.88 Å². The third-order valence-corrected chi connectivity index (χ3v) is 5.08. The van der Waals surface area contributed by atoms with E-state index in [1.807, 2.05) is 62.5 Å². The van der Waals surface area contributed by atoms with Crippen LogP contribution in [0.15, 0.2) is 35.4 Å². The van der Waals surface area contributed by atoms with E-state index < -0.39 is 0 Å². The van der Waals surface area contributed by atoms with Gasteiger partial charge in [0.15, 0.2) is 0 Å². The summed E-state index contributed by atoms with van der Waals surface area (Å²) in [6.07, 6.45) is 3.90. The highest BCUT2D eigenvalue weighted by Crippen LogP contribution is 2.20. The summed E-state index contributed by atoms with van der Waals surface area (Å²) in [7, 11) is 1.96. The number of hydrogen-bond acceptors (Lipinski definition) is 5. The maximum atomic E-state index is 12.4. The van der Waals surface area contributed by atoms with Crippen molar-refractivity contribution < 1.29 is 4.79 Å². The normalized spacial score (nSPS) is 12.4. The summed E-state index contributed by atoms with van der Waals surface area (Å²) in [5.74, 6) is 0.00184. The standard InChI is InChI=1S/C16H21N3OS2/c1-11(19(3)10-15-9-17-12(2)22-15)16(20)18-13-6-5-7-14(8-13)21-4/h5-9,11H,10H2,1-4H3,(H,18,20). The van der Waals surface area contributed by atoms with Gasteiger partial charge in [0, 0.05) is 28.2 Å². The van der Waals surface area contributed by atoms with Crippen LogP contribution in [0.5, 0.6) is 0 Å². The number of carbonyl (C=O) groups is 1. The quantitative estimate of drug-likeness (QED) is 0.819. The second-order valence-electron chi connectivity index (χ2n) is 5.16. The minimum Gasteiger partial charge on any atom is -0.325 e. The molecule has 1 heterocycles. The van der Waals surface area contributed by atoms with Crippen LogP contribution in [0, 0.1) is 6.92 Å². The van der Waals surface area contributed by atoms with Crippen LogP contribution in [0.25, 0.3) is 0 Å². The molecule has 4 nitrogen and oxygen atoms in total. The van der Waals surface area contributed by atoms with Crippen molar-refractivity contribution in [3.8, 4) is 0 Å². The number of carbonyl (C=O) groups excluding carboxylic acids is 1. The molecule has 1 atom stereocenters. The predicted molar refractivity (Wildman–Crippen MR) is 94.6 cm³/mol. The lowest BCUT2D eigenvalue weighted by molar-refractivity contribution is -0.120. The Morgan fingerprint density at radius 2 is 2.27 bits per heavy atom. The molecular weight excluding hydrogens is 314 g/mol. The predicted octanol–water partition coefficient (Wildman–Crippen LogP) is 3.63. The summed E-state index contributed by atoms with van der Waals surface area (Å²) in [6.45, 7) is 4.63. The molecule has 0 saturated carbocycles. The maximum Gasteiger partial charge on any atom is 0.241 e. The zero-order chi connectivity index (χ0) is 16.1. The molecule has 0 radical (unpaired) electrons. The van der Waals surface area contributed by atoms with Crippen LogP contribution in [-0.2, 0) is 11.3 Å². The van der Waals surface area contributed by atoms with Gasteiger partial charge in [-0.15, -0.1) is 23.1 Å². The van der Waals surface area contributed by atoms with Gasteiger partial charge in [0.05, 0.1) is 11.0 Å². The first kappa shape index (κ1) is 17.0. The van der Waals surface area contributed by atoms with E-state index in [1.54, 1.807) is 23.1 Å². The number of anilines is 1. The number of thiazole rings is 1. The van der Waals surface area contributed by atoms with Gasteiger partial charge < -0.3 is 5.32 Å². The third-order valence-electron chi connectivity index (χ3n) is 3.45. The van der Waals surface area contributed by atoms with Gasteiger partial charge in [0.1, 0.15) is 0 Å². The van der Waals surface area contributed by atoms with Gasteiger partial charge in [-0.05, 0) is 45.4 Å². The van der Waals surface area contributed by atoms with Gasteiger partial charge in [0.25, 0.3) is 0 Å². The Morgan fingerprint density at radius 1 is 1.50 bits per heavy atom. The topological polar surface area (TPSA) is 45.2 Å². The molecule has 0 aliphatic carbocycles. The monoisotopic (exact) mass is 335 g/mol. The van der Waals surface area contributed by atoms with Gasteiger partial charge in [-0.25, -0.2) is 4.98 Å². The number of rotatable bonds is 6. The first-order valence-electron chi connectivity index (χ1n) is 7.06. The summed E-state index contributed by atoms with van der Waals surface area (Å²) >= 11 is 3.33. The van der Waals surface area contributed by atoms with Crippen LogP contribution >= 0.6 is 23.1 Å². The number of nitrogens with one attached hydrogen (secondary N) is 1.